The minimum absolute atomic E-state index is 0.0737. The van der Waals surface area contributed by atoms with Gasteiger partial charge in [0.25, 0.3) is 17.5 Å². The molecule has 146 valence electrons. The third-order valence-electron chi connectivity index (χ3n) is 3.78. The fourth-order valence-corrected chi connectivity index (χ4v) is 2.42. The number of pyridine rings is 1. The Balaban J connectivity index is 1.61. The summed E-state index contributed by atoms with van der Waals surface area (Å²) < 4.78 is 5.33. The lowest BCUT2D eigenvalue weighted by Gasteiger charge is -2.12. The molecule has 0 fully saturated rings. The number of ether oxygens (including phenoxy) is 1. The van der Waals surface area contributed by atoms with Crippen molar-refractivity contribution >= 4 is 28.9 Å². The summed E-state index contributed by atoms with van der Waals surface area (Å²) in [5.41, 5.74) is 1.06. The van der Waals surface area contributed by atoms with Crippen LogP contribution in [0.25, 0.3) is 0 Å². The van der Waals surface area contributed by atoms with E-state index in [2.05, 4.69) is 15.6 Å². The predicted octanol–water partition coefficient (Wildman–Crippen LogP) is 3.26. The molecule has 2 aromatic carbocycles. The van der Waals surface area contributed by atoms with Crippen LogP contribution in [0.4, 0.5) is 17.1 Å². The van der Waals surface area contributed by atoms with E-state index in [9.17, 15) is 19.7 Å². The minimum atomic E-state index is -0.524. The fraction of sp³-hybridized carbons (Fsp3) is 0.0500. The molecule has 9 heteroatoms. The van der Waals surface area contributed by atoms with Gasteiger partial charge in [-0.1, -0.05) is 12.1 Å². The van der Waals surface area contributed by atoms with E-state index in [-0.39, 0.29) is 17.9 Å². The Morgan fingerprint density at radius 2 is 1.76 bits per heavy atom. The molecular weight excluding hydrogens is 376 g/mol. The first-order chi connectivity index (χ1) is 14.0. The summed E-state index contributed by atoms with van der Waals surface area (Å²) in [7, 11) is 0. The van der Waals surface area contributed by atoms with Crippen molar-refractivity contribution in [3.8, 4) is 5.75 Å². The number of carbonyl (C=O) groups is 2. The molecule has 0 aliphatic carbocycles. The average molecular weight is 392 g/mol. The largest absolute Gasteiger partial charge is 0.484 e. The second kappa shape index (κ2) is 9.09. The number of nitro groups is 1. The Morgan fingerprint density at radius 3 is 2.45 bits per heavy atom. The van der Waals surface area contributed by atoms with E-state index in [0.717, 1.165) is 0 Å². The summed E-state index contributed by atoms with van der Waals surface area (Å²) in [4.78, 5) is 38.8. The maximum absolute atomic E-state index is 12.5. The van der Waals surface area contributed by atoms with Gasteiger partial charge in [0.05, 0.1) is 28.1 Å². The molecule has 29 heavy (non-hydrogen) atoms. The van der Waals surface area contributed by atoms with Crippen LogP contribution in [-0.4, -0.2) is 28.3 Å². The topological polar surface area (TPSA) is 123 Å². The van der Waals surface area contributed by atoms with Crippen molar-refractivity contribution < 1.29 is 19.2 Å². The van der Waals surface area contributed by atoms with E-state index in [1.54, 1.807) is 42.6 Å². The van der Waals surface area contributed by atoms with Crippen molar-refractivity contribution in [3.05, 3.63) is 88.7 Å². The molecule has 2 N–H and O–H groups in total. The number of hydrogen-bond acceptors (Lipinski definition) is 6. The van der Waals surface area contributed by atoms with E-state index in [1.807, 2.05) is 0 Å². The molecule has 3 rings (SSSR count). The van der Waals surface area contributed by atoms with Crippen LogP contribution in [0.1, 0.15) is 10.4 Å². The van der Waals surface area contributed by atoms with Crippen molar-refractivity contribution in [3.63, 3.8) is 0 Å². The monoisotopic (exact) mass is 392 g/mol. The van der Waals surface area contributed by atoms with Crippen LogP contribution in [0.5, 0.6) is 5.75 Å². The van der Waals surface area contributed by atoms with Crippen LogP contribution in [0, 0.1) is 10.1 Å². The quantitative estimate of drug-likeness (QED) is 0.470. The van der Waals surface area contributed by atoms with Crippen molar-refractivity contribution in [2.24, 2.45) is 0 Å². The van der Waals surface area contributed by atoms with Crippen molar-refractivity contribution in [1.29, 1.82) is 0 Å². The van der Waals surface area contributed by atoms with Crippen LogP contribution in [0.15, 0.2) is 73.1 Å². The first-order valence-electron chi connectivity index (χ1n) is 8.50. The minimum Gasteiger partial charge on any atom is -0.484 e. The Kier molecular flexibility index (Phi) is 6.11. The number of amides is 2. The lowest BCUT2D eigenvalue weighted by molar-refractivity contribution is -0.384. The number of aromatic nitrogens is 1. The van der Waals surface area contributed by atoms with Crippen LogP contribution >= 0.6 is 0 Å². The van der Waals surface area contributed by atoms with Gasteiger partial charge in [-0.3, -0.25) is 24.7 Å². The number of carbonyl (C=O) groups excluding carboxylic acids is 2. The number of hydrogen-bond donors (Lipinski definition) is 2. The van der Waals surface area contributed by atoms with E-state index in [4.69, 9.17) is 4.74 Å². The number of rotatable bonds is 7. The second-order valence-electron chi connectivity index (χ2n) is 5.83. The number of para-hydroxylation sites is 1. The van der Waals surface area contributed by atoms with Crippen LogP contribution in [0.3, 0.4) is 0 Å². The summed E-state index contributed by atoms with van der Waals surface area (Å²) in [5.74, 6) is -0.566. The molecule has 0 aliphatic rings. The third kappa shape index (κ3) is 5.36. The molecule has 0 saturated carbocycles. The number of anilines is 2. The highest BCUT2D eigenvalue weighted by Gasteiger charge is 2.14. The van der Waals surface area contributed by atoms with Crippen molar-refractivity contribution in [1.82, 2.24) is 4.98 Å². The molecule has 2 amide bonds. The van der Waals surface area contributed by atoms with E-state index in [0.29, 0.717) is 17.1 Å². The van der Waals surface area contributed by atoms with Gasteiger partial charge in [-0.25, -0.2) is 0 Å². The highest BCUT2D eigenvalue weighted by atomic mass is 16.6. The van der Waals surface area contributed by atoms with Gasteiger partial charge >= 0.3 is 0 Å². The Morgan fingerprint density at radius 1 is 1.00 bits per heavy atom. The van der Waals surface area contributed by atoms with Gasteiger partial charge in [0.1, 0.15) is 5.75 Å². The predicted molar refractivity (Wildman–Crippen MR) is 106 cm³/mol. The number of nitro benzene ring substituents is 1. The van der Waals surface area contributed by atoms with E-state index < -0.39 is 16.7 Å². The van der Waals surface area contributed by atoms with Gasteiger partial charge in [0.15, 0.2) is 6.61 Å². The normalized spacial score (nSPS) is 10.1. The molecule has 0 aliphatic heterocycles. The van der Waals surface area contributed by atoms with Gasteiger partial charge in [0, 0.05) is 18.3 Å². The summed E-state index contributed by atoms with van der Waals surface area (Å²) in [6.07, 6.45) is 3.10. The first kappa shape index (κ1) is 19.5. The highest BCUT2D eigenvalue weighted by molar-refractivity contribution is 6.10. The Bertz CT molecular complexity index is 1020. The second-order valence-corrected chi connectivity index (χ2v) is 5.83. The molecular formula is C20H16N4O5. The van der Waals surface area contributed by atoms with Crippen LogP contribution < -0.4 is 15.4 Å². The smallest absolute Gasteiger partial charge is 0.269 e. The zero-order valence-electron chi connectivity index (χ0n) is 15.1. The summed E-state index contributed by atoms with van der Waals surface area (Å²) in [6.45, 7) is -0.323. The van der Waals surface area contributed by atoms with Gasteiger partial charge < -0.3 is 15.4 Å². The number of nitrogens with one attached hydrogen (secondary N) is 2. The van der Waals surface area contributed by atoms with Gasteiger partial charge in [0.2, 0.25) is 0 Å². The maximum Gasteiger partial charge on any atom is 0.269 e. The standard InChI is InChI=1S/C20H16N4O5/c25-19(13-29-16-9-7-15(8-10-16)24(27)28)23-18-6-2-1-5-17(18)20(26)22-14-4-3-11-21-12-14/h1-12H,13H2,(H,22,26)(H,23,25). The number of benzene rings is 2. The van der Waals surface area contributed by atoms with E-state index >= 15 is 0 Å². The van der Waals surface area contributed by atoms with Crippen molar-refractivity contribution in [2.75, 3.05) is 17.2 Å². The Hall–Kier alpha value is -4.27. The molecule has 1 heterocycles. The summed E-state index contributed by atoms with van der Waals surface area (Å²) >= 11 is 0. The number of non-ortho nitro benzene ring substituents is 1. The van der Waals surface area contributed by atoms with Gasteiger partial charge in [-0.2, -0.15) is 0 Å². The first-order valence-corrected chi connectivity index (χ1v) is 8.50. The highest BCUT2D eigenvalue weighted by Crippen LogP contribution is 2.19. The molecule has 0 unspecified atom stereocenters. The van der Waals surface area contributed by atoms with Crippen LogP contribution in [-0.2, 0) is 4.79 Å². The Labute approximate surface area is 165 Å². The fourth-order valence-electron chi connectivity index (χ4n) is 2.42. The lowest BCUT2D eigenvalue weighted by atomic mass is 10.1. The molecule has 0 bridgehead atoms. The molecule has 0 atom stereocenters. The SMILES string of the molecule is O=C(COc1ccc([N+](=O)[O-])cc1)Nc1ccccc1C(=O)Nc1cccnc1. The molecule has 1 aromatic heterocycles. The van der Waals surface area contributed by atoms with Gasteiger partial charge in [-0.05, 0) is 36.4 Å². The molecule has 0 saturated heterocycles. The van der Waals surface area contributed by atoms with Crippen LogP contribution in [0.2, 0.25) is 0 Å². The maximum atomic E-state index is 12.5. The number of nitrogens with zero attached hydrogens (tertiary/aromatic N) is 2. The third-order valence-corrected chi connectivity index (χ3v) is 3.78. The molecule has 3 aromatic rings. The van der Waals surface area contributed by atoms with Gasteiger partial charge in [-0.15, -0.1) is 0 Å². The summed E-state index contributed by atoms with van der Waals surface area (Å²) in [6, 6.07) is 15.3. The molecule has 9 nitrogen and oxygen atoms in total. The lowest BCUT2D eigenvalue weighted by Crippen LogP contribution is -2.22. The molecule has 0 radical (unpaired) electrons. The summed E-state index contributed by atoms with van der Waals surface area (Å²) in [5, 5.41) is 16.0. The zero-order chi connectivity index (χ0) is 20.6. The average Bonchev–Trinajstić information content (AvgIpc) is 2.73. The van der Waals surface area contributed by atoms with E-state index in [1.165, 1.54) is 30.5 Å². The van der Waals surface area contributed by atoms with Crippen molar-refractivity contribution in [2.45, 2.75) is 0 Å². The molecule has 0 spiro atoms. The zero-order valence-corrected chi connectivity index (χ0v) is 15.1.